The van der Waals surface area contributed by atoms with Crippen molar-refractivity contribution < 1.29 is 14.6 Å². The number of carbonyl (C=O) groups is 1. The van der Waals surface area contributed by atoms with Crippen LogP contribution in [0.2, 0.25) is 0 Å². The van der Waals surface area contributed by atoms with Crippen LogP contribution in [0.1, 0.15) is 17.9 Å². The Morgan fingerprint density at radius 1 is 1.50 bits per heavy atom. The van der Waals surface area contributed by atoms with Gasteiger partial charge in [0.15, 0.2) is 0 Å². The van der Waals surface area contributed by atoms with Gasteiger partial charge in [-0.1, -0.05) is 24.3 Å². The van der Waals surface area contributed by atoms with Crippen molar-refractivity contribution in [1.29, 1.82) is 0 Å². The lowest BCUT2D eigenvalue weighted by atomic mass is 9.79. The molecule has 4 nitrogen and oxygen atoms in total. The van der Waals surface area contributed by atoms with E-state index in [0.29, 0.717) is 5.75 Å². The third-order valence-corrected chi connectivity index (χ3v) is 3.84. The van der Waals surface area contributed by atoms with Gasteiger partial charge in [-0.2, -0.15) is 0 Å². The van der Waals surface area contributed by atoms with Crippen molar-refractivity contribution in [3.05, 3.63) is 35.9 Å². The maximum absolute atomic E-state index is 11.4. The fourth-order valence-electron chi connectivity index (χ4n) is 3.01. The highest BCUT2D eigenvalue weighted by Crippen LogP contribution is 2.47. The minimum Gasteiger partial charge on any atom is -0.495 e. The minimum absolute atomic E-state index is 0.0297. The molecule has 0 saturated carbocycles. The zero-order valence-electron chi connectivity index (χ0n) is 10.1. The number of hydrogen-bond donors (Lipinski definition) is 2. The molecule has 2 N–H and O–H groups in total. The zero-order valence-corrected chi connectivity index (χ0v) is 10.1. The number of rotatable bonds is 2. The van der Waals surface area contributed by atoms with Crippen molar-refractivity contribution in [3.8, 4) is 5.75 Å². The predicted molar refractivity (Wildman–Crippen MR) is 68.0 cm³/mol. The molecule has 94 valence electrons. The van der Waals surface area contributed by atoms with Gasteiger partial charge in [0.25, 0.3) is 0 Å². The molecule has 1 aromatic carbocycles. The van der Waals surface area contributed by atoms with Crippen LogP contribution in [0, 0.1) is 5.92 Å². The number of allylic oxidation sites excluding steroid dienone is 1. The van der Waals surface area contributed by atoms with Gasteiger partial charge < -0.3 is 15.2 Å². The van der Waals surface area contributed by atoms with E-state index in [1.165, 1.54) is 0 Å². The Kier molecular flexibility index (Phi) is 2.51. The van der Waals surface area contributed by atoms with Crippen molar-refractivity contribution in [1.82, 2.24) is 0 Å². The van der Waals surface area contributed by atoms with Crippen LogP contribution in [-0.2, 0) is 4.79 Å². The van der Waals surface area contributed by atoms with E-state index in [9.17, 15) is 9.90 Å². The fourth-order valence-corrected chi connectivity index (χ4v) is 3.01. The molecular formula is C14H15NO3. The topological polar surface area (TPSA) is 58.6 Å². The van der Waals surface area contributed by atoms with Gasteiger partial charge in [-0.15, -0.1) is 0 Å². The monoisotopic (exact) mass is 245 g/mol. The Hall–Kier alpha value is -1.97. The summed E-state index contributed by atoms with van der Waals surface area (Å²) in [6.07, 6.45) is 4.98. The number of carboxylic acid groups (broad SMARTS) is 1. The number of nitrogens with one attached hydrogen (secondary N) is 1. The number of aliphatic carboxylic acids is 1. The quantitative estimate of drug-likeness (QED) is 0.784. The lowest BCUT2D eigenvalue weighted by Gasteiger charge is -2.35. The van der Waals surface area contributed by atoms with Crippen LogP contribution in [0.3, 0.4) is 0 Å². The van der Waals surface area contributed by atoms with E-state index in [2.05, 4.69) is 11.4 Å². The summed E-state index contributed by atoms with van der Waals surface area (Å²) in [7, 11) is 1.60. The highest BCUT2D eigenvalue weighted by molar-refractivity contribution is 5.82. The summed E-state index contributed by atoms with van der Waals surface area (Å²) in [4.78, 5) is 11.4. The lowest BCUT2D eigenvalue weighted by Crippen LogP contribution is -2.41. The third-order valence-electron chi connectivity index (χ3n) is 3.84. The van der Waals surface area contributed by atoms with Gasteiger partial charge in [0.1, 0.15) is 11.8 Å². The fraction of sp³-hybridized carbons (Fsp3) is 0.357. The van der Waals surface area contributed by atoms with Crippen LogP contribution >= 0.6 is 0 Å². The van der Waals surface area contributed by atoms with Crippen molar-refractivity contribution in [2.75, 3.05) is 12.4 Å². The molecule has 0 unspecified atom stereocenters. The largest absolute Gasteiger partial charge is 0.495 e. The molecule has 2 aliphatic rings. The summed E-state index contributed by atoms with van der Waals surface area (Å²) < 4.78 is 5.31. The number of hydrogen-bond acceptors (Lipinski definition) is 3. The Morgan fingerprint density at radius 2 is 2.33 bits per heavy atom. The smallest absolute Gasteiger partial charge is 0.326 e. The second-order valence-electron chi connectivity index (χ2n) is 4.73. The summed E-state index contributed by atoms with van der Waals surface area (Å²) in [5.74, 6) is 0.178. The maximum atomic E-state index is 11.4. The van der Waals surface area contributed by atoms with Crippen LogP contribution in [0.4, 0.5) is 5.69 Å². The van der Waals surface area contributed by atoms with E-state index < -0.39 is 12.0 Å². The molecule has 3 rings (SSSR count). The van der Waals surface area contributed by atoms with Gasteiger partial charge in [-0.3, -0.25) is 0 Å². The average molecular weight is 245 g/mol. The van der Waals surface area contributed by atoms with Crippen LogP contribution in [0.5, 0.6) is 5.75 Å². The summed E-state index contributed by atoms with van der Waals surface area (Å²) in [6.45, 7) is 0. The highest BCUT2D eigenvalue weighted by atomic mass is 16.5. The normalized spacial score (nSPS) is 28.2. The number of carboxylic acids is 1. The molecule has 3 atom stereocenters. The van der Waals surface area contributed by atoms with Gasteiger partial charge in [0.05, 0.1) is 12.8 Å². The molecule has 1 aromatic rings. The molecule has 18 heavy (non-hydrogen) atoms. The van der Waals surface area contributed by atoms with Crippen LogP contribution in [0.25, 0.3) is 0 Å². The van der Waals surface area contributed by atoms with Gasteiger partial charge in [0, 0.05) is 5.92 Å². The van der Waals surface area contributed by atoms with E-state index in [4.69, 9.17) is 4.74 Å². The second kappa shape index (κ2) is 4.05. The number of anilines is 1. The molecule has 1 heterocycles. The van der Waals surface area contributed by atoms with Crippen molar-refractivity contribution in [2.45, 2.75) is 18.4 Å². The highest BCUT2D eigenvalue weighted by Gasteiger charge is 2.41. The molecule has 0 fully saturated rings. The first-order chi connectivity index (χ1) is 8.72. The first-order valence-corrected chi connectivity index (χ1v) is 6.05. The molecule has 0 aromatic heterocycles. The molecule has 1 aliphatic heterocycles. The zero-order chi connectivity index (χ0) is 12.7. The first-order valence-electron chi connectivity index (χ1n) is 6.05. The molecule has 0 spiro atoms. The summed E-state index contributed by atoms with van der Waals surface area (Å²) >= 11 is 0. The average Bonchev–Trinajstić information content (AvgIpc) is 2.86. The van der Waals surface area contributed by atoms with E-state index in [-0.39, 0.29) is 11.8 Å². The van der Waals surface area contributed by atoms with E-state index in [0.717, 1.165) is 17.7 Å². The Morgan fingerprint density at radius 3 is 3.06 bits per heavy atom. The van der Waals surface area contributed by atoms with Gasteiger partial charge in [0.2, 0.25) is 0 Å². The number of fused-ring (bicyclic) bond motifs is 3. The van der Waals surface area contributed by atoms with Crippen LogP contribution in [0.15, 0.2) is 30.4 Å². The lowest BCUT2D eigenvalue weighted by molar-refractivity contribution is -0.139. The van der Waals surface area contributed by atoms with Crippen molar-refractivity contribution >= 4 is 11.7 Å². The Balaban J connectivity index is 2.10. The molecule has 1 aliphatic carbocycles. The maximum Gasteiger partial charge on any atom is 0.326 e. The van der Waals surface area contributed by atoms with Crippen molar-refractivity contribution in [3.63, 3.8) is 0 Å². The number of methoxy groups -OCH3 is 1. The molecule has 4 heteroatoms. The van der Waals surface area contributed by atoms with E-state index in [1.807, 2.05) is 24.3 Å². The number of ether oxygens (including phenoxy) is 1. The minimum atomic E-state index is -0.812. The van der Waals surface area contributed by atoms with Crippen LogP contribution < -0.4 is 10.1 Å². The molecule has 0 bridgehead atoms. The summed E-state index contributed by atoms with van der Waals surface area (Å²) in [5.41, 5.74) is 1.99. The first kappa shape index (κ1) is 11.1. The molecular weight excluding hydrogens is 230 g/mol. The van der Waals surface area contributed by atoms with Gasteiger partial charge in [-0.25, -0.2) is 4.79 Å². The standard InChI is InChI=1S/C14H15NO3/c1-18-11-7-3-6-9-8-4-2-5-10(8)13(14(16)17)15-12(9)11/h2-3,5-8,10,13,15H,4H2,1H3,(H,16,17)/t8-,10-,13-/m0/s1. The second-order valence-corrected chi connectivity index (χ2v) is 4.73. The predicted octanol–water partition coefficient (Wildman–Crippen LogP) is 2.23. The summed E-state index contributed by atoms with van der Waals surface area (Å²) in [5, 5.41) is 12.4. The molecule has 0 saturated heterocycles. The molecule has 0 amide bonds. The summed E-state index contributed by atoms with van der Waals surface area (Å²) in [6, 6.07) is 5.29. The third kappa shape index (κ3) is 1.49. The van der Waals surface area contributed by atoms with Crippen molar-refractivity contribution in [2.24, 2.45) is 5.92 Å². The molecule has 0 radical (unpaired) electrons. The number of para-hydroxylation sites is 1. The van der Waals surface area contributed by atoms with E-state index >= 15 is 0 Å². The Bertz CT molecular complexity index is 524. The van der Waals surface area contributed by atoms with E-state index in [1.54, 1.807) is 7.11 Å². The van der Waals surface area contributed by atoms with Gasteiger partial charge >= 0.3 is 5.97 Å². The Labute approximate surface area is 105 Å². The van der Waals surface area contributed by atoms with Crippen LogP contribution in [-0.4, -0.2) is 24.2 Å². The SMILES string of the molecule is COc1cccc2c1N[C@H](C(=O)O)[C@H]1C=CC[C@@H]21. The van der Waals surface area contributed by atoms with Gasteiger partial charge in [-0.05, 0) is 24.0 Å². The number of benzene rings is 1.